The number of benzene rings is 1. The first-order valence-corrected chi connectivity index (χ1v) is 6.82. The zero-order valence-corrected chi connectivity index (χ0v) is 10.6. The maximum atomic E-state index is 11.9. The number of nitrogens with one attached hydrogen (secondary N) is 1. The molecule has 1 heterocycles. The van der Waals surface area contributed by atoms with Crippen LogP contribution in [-0.2, 0) is 9.84 Å². The summed E-state index contributed by atoms with van der Waals surface area (Å²) in [7, 11) is -1.53. The van der Waals surface area contributed by atoms with Gasteiger partial charge in [0.25, 0.3) is 0 Å². The van der Waals surface area contributed by atoms with Crippen LogP contribution >= 0.6 is 11.6 Å². The van der Waals surface area contributed by atoms with Crippen molar-refractivity contribution in [1.29, 1.82) is 0 Å². The van der Waals surface area contributed by atoms with Gasteiger partial charge in [-0.2, -0.15) is 0 Å². The van der Waals surface area contributed by atoms with Crippen molar-refractivity contribution in [3.63, 3.8) is 0 Å². The summed E-state index contributed by atoms with van der Waals surface area (Å²) in [6, 6.07) is 4.90. The van der Waals surface area contributed by atoms with Crippen molar-refractivity contribution in [3.8, 4) is 0 Å². The second-order valence-electron chi connectivity index (χ2n) is 3.74. The van der Waals surface area contributed by atoms with Gasteiger partial charge < -0.3 is 5.32 Å². The van der Waals surface area contributed by atoms with Crippen LogP contribution in [0.1, 0.15) is 12.5 Å². The van der Waals surface area contributed by atoms with Gasteiger partial charge in [-0.15, -0.1) is 0 Å². The van der Waals surface area contributed by atoms with Crippen molar-refractivity contribution in [1.82, 2.24) is 5.32 Å². The molecule has 1 unspecified atom stereocenters. The number of hydrogen-bond acceptors (Lipinski definition) is 3. The first-order chi connectivity index (χ1) is 7.47. The predicted octanol–water partition coefficient (Wildman–Crippen LogP) is 2.08. The zero-order valence-electron chi connectivity index (χ0n) is 8.99. The topological polar surface area (TPSA) is 46.2 Å². The molecule has 1 aromatic carbocycles. The third-order valence-corrected chi connectivity index (χ3v) is 4.58. The van der Waals surface area contributed by atoms with Gasteiger partial charge >= 0.3 is 0 Å². The lowest BCUT2D eigenvalue weighted by Gasteiger charge is -2.13. The fourth-order valence-corrected chi connectivity index (χ4v) is 3.69. The molecule has 3 nitrogen and oxygen atoms in total. The molecule has 0 saturated heterocycles. The minimum absolute atomic E-state index is 0.0454. The second kappa shape index (κ2) is 3.87. The molecule has 0 amide bonds. The summed E-state index contributed by atoms with van der Waals surface area (Å²) in [5.41, 5.74) is 1.36. The van der Waals surface area contributed by atoms with Gasteiger partial charge in [0.05, 0.1) is 4.90 Å². The highest BCUT2D eigenvalue weighted by Gasteiger charge is 2.30. The van der Waals surface area contributed by atoms with E-state index in [2.05, 4.69) is 5.32 Å². The first-order valence-electron chi connectivity index (χ1n) is 4.90. The highest BCUT2D eigenvalue weighted by molar-refractivity contribution is 7.95. The maximum absolute atomic E-state index is 11.9. The van der Waals surface area contributed by atoms with Gasteiger partial charge in [0.2, 0.25) is 9.84 Å². The quantitative estimate of drug-likeness (QED) is 0.882. The van der Waals surface area contributed by atoms with Crippen LogP contribution in [0.15, 0.2) is 28.5 Å². The Morgan fingerprint density at radius 2 is 2.06 bits per heavy atom. The second-order valence-corrected chi connectivity index (χ2v) is 5.91. The Bertz CT molecular complexity index is 563. The van der Waals surface area contributed by atoms with Gasteiger partial charge in [0, 0.05) is 22.0 Å². The SMILES string of the molecule is CNC(C)C1=CS(=O)(=O)c2cccc(Cl)c21. The van der Waals surface area contributed by atoms with Crippen LogP contribution in [0.4, 0.5) is 0 Å². The Morgan fingerprint density at radius 1 is 1.38 bits per heavy atom. The summed E-state index contributed by atoms with van der Waals surface area (Å²) < 4.78 is 23.7. The molecule has 1 atom stereocenters. The number of rotatable bonds is 2. The summed E-state index contributed by atoms with van der Waals surface area (Å²) in [6.45, 7) is 1.90. The summed E-state index contributed by atoms with van der Waals surface area (Å²) in [4.78, 5) is 0.303. The molecule has 86 valence electrons. The van der Waals surface area contributed by atoms with Crippen molar-refractivity contribution in [2.24, 2.45) is 0 Å². The van der Waals surface area contributed by atoms with Crippen LogP contribution in [0.25, 0.3) is 5.57 Å². The van der Waals surface area contributed by atoms with E-state index in [1.165, 1.54) is 5.41 Å². The molecule has 1 aromatic rings. The lowest BCUT2D eigenvalue weighted by Crippen LogP contribution is -2.22. The smallest absolute Gasteiger partial charge is 0.200 e. The molecular formula is C11H12ClNO2S. The summed E-state index contributed by atoms with van der Waals surface area (Å²) in [6.07, 6.45) is 0. The van der Waals surface area contributed by atoms with E-state index in [1.54, 1.807) is 25.2 Å². The molecule has 0 spiro atoms. The fraction of sp³-hybridized carbons (Fsp3) is 0.273. The molecule has 16 heavy (non-hydrogen) atoms. The lowest BCUT2D eigenvalue weighted by molar-refractivity contribution is 0.605. The maximum Gasteiger partial charge on any atom is 0.200 e. The van der Waals surface area contributed by atoms with E-state index in [1.807, 2.05) is 6.92 Å². The Labute approximate surface area is 100 Å². The molecule has 1 aliphatic rings. The largest absolute Gasteiger partial charge is 0.313 e. The molecular weight excluding hydrogens is 246 g/mol. The van der Waals surface area contributed by atoms with Crippen LogP contribution in [0.3, 0.4) is 0 Å². The van der Waals surface area contributed by atoms with Crippen molar-refractivity contribution >= 4 is 27.0 Å². The normalized spacial score (nSPS) is 19.1. The van der Waals surface area contributed by atoms with Crippen molar-refractivity contribution in [2.45, 2.75) is 17.9 Å². The average Bonchev–Trinajstić information content (AvgIpc) is 2.52. The Balaban J connectivity index is 2.72. The van der Waals surface area contributed by atoms with E-state index in [-0.39, 0.29) is 6.04 Å². The minimum Gasteiger partial charge on any atom is -0.313 e. The first kappa shape index (κ1) is 11.6. The Hall–Kier alpha value is -0.840. The third-order valence-electron chi connectivity index (χ3n) is 2.75. The van der Waals surface area contributed by atoms with Crippen LogP contribution in [-0.4, -0.2) is 21.5 Å². The Kier molecular flexibility index (Phi) is 2.82. The van der Waals surface area contributed by atoms with Gasteiger partial charge in [-0.05, 0) is 31.7 Å². The molecule has 0 bridgehead atoms. The van der Waals surface area contributed by atoms with E-state index < -0.39 is 9.84 Å². The van der Waals surface area contributed by atoms with Gasteiger partial charge in [0.1, 0.15) is 0 Å². The molecule has 0 aromatic heterocycles. The number of sulfone groups is 1. The number of hydrogen-bond donors (Lipinski definition) is 1. The minimum atomic E-state index is -3.32. The van der Waals surface area contributed by atoms with Crippen LogP contribution in [0.2, 0.25) is 5.02 Å². The molecule has 0 saturated carbocycles. The summed E-state index contributed by atoms with van der Waals surface area (Å²) in [5, 5.41) is 4.80. The molecule has 1 N–H and O–H groups in total. The molecule has 0 radical (unpaired) electrons. The highest BCUT2D eigenvalue weighted by atomic mass is 35.5. The third kappa shape index (κ3) is 1.67. The van der Waals surface area contributed by atoms with Gasteiger partial charge in [-0.25, -0.2) is 8.42 Å². The highest BCUT2D eigenvalue weighted by Crippen LogP contribution is 2.39. The predicted molar refractivity (Wildman–Crippen MR) is 65.1 cm³/mol. The average molecular weight is 258 g/mol. The number of fused-ring (bicyclic) bond motifs is 1. The zero-order chi connectivity index (χ0) is 11.9. The fourth-order valence-electron chi connectivity index (χ4n) is 1.79. The van der Waals surface area contributed by atoms with Gasteiger partial charge in [-0.1, -0.05) is 17.7 Å². The Morgan fingerprint density at radius 3 is 2.69 bits per heavy atom. The van der Waals surface area contributed by atoms with Crippen LogP contribution in [0.5, 0.6) is 0 Å². The summed E-state index contributed by atoms with van der Waals surface area (Å²) >= 11 is 6.06. The van der Waals surface area contributed by atoms with E-state index in [9.17, 15) is 8.42 Å². The van der Waals surface area contributed by atoms with Crippen molar-refractivity contribution in [3.05, 3.63) is 34.2 Å². The number of likely N-dealkylation sites (N-methyl/N-ethyl adjacent to an activating group) is 1. The van der Waals surface area contributed by atoms with E-state index in [4.69, 9.17) is 11.6 Å². The van der Waals surface area contributed by atoms with E-state index in [0.29, 0.717) is 15.5 Å². The molecule has 0 fully saturated rings. The molecule has 1 aliphatic heterocycles. The van der Waals surface area contributed by atoms with Crippen LogP contribution < -0.4 is 5.32 Å². The van der Waals surface area contributed by atoms with E-state index >= 15 is 0 Å². The molecule has 2 rings (SSSR count). The monoisotopic (exact) mass is 257 g/mol. The van der Waals surface area contributed by atoms with Crippen molar-refractivity contribution in [2.75, 3.05) is 7.05 Å². The molecule has 5 heteroatoms. The van der Waals surface area contributed by atoms with E-state index in [0.717, 1.165) is 5.57 Å². The van der Waals surface area contributed by atoms with Crippen molar-refractivity contribution < 1.29 is 8.42 Å². The van der Waals surface area contributed by atoms with Gasteiger partial charge in [0.15, 0.2) is 0 Å². The lowest BCUT2D eigenvalue weighted by atomic mass is 10.0. The number of halogens is 1. The van der Waals surface area contributed by atoms with Crippen LogP contribution in [0, 0.1) is 0 Å². The molecule has 0 aliphatic carbocycles. The summed E-state index contributed by atoms with van der Waals surface area (Å²) in [5.74, 6) is 0. The standard InChI is InChI=1S/C11H12ClNO2S/c1-7(13-2)8-6-16(14,15)10-5-3-4-9(12)11(8)10/h3-7,13H,1-2H3. The van der Waals surface area contributed by atoms with Gasteiger partial charge in [-0.3, -0.25) is 0 Å².